The highest BCUT2D eigenvalue weighted by Crippen LogP contribution is 2.40. The Labute approximate surface area is 90.3 Å². The second kappa shape index (κ2) is 3.49. The fourth-order valence-electron chi connectivity index (χ4n) is 3.07. The number of rotatable bonds is 2. The van der Waals surface area contributed by atoms with Crippen molar-refractivity contribution in [3.05, 3.63) is 24.0 Å². The van der Waals surface area contributed by atoms with Crippen LogP contribution in [0.25, 0.3) is 0 Å². The number of fused-ring (bicyclic) bond motifs is 2. The van der Waals surface area contributed by atoms with Gasteiger partial charge in [-0.05, 0) is 37.3 Å². The number of anilines is 1. The molecular formula is C12H17N3. The van der Waals surface area contributed by atoms with Gasteiger partial charge in [0, 0.05) is 25.3 Å². The van der Waals surface area contributed by atoms with E-state index in [1.54, 1.807) is 0 Å². The third kappa shape index (κ3) is 1.42. The van der Waals surface area contributed by atoms with Crippen LogP contribution in [0.4, 0.5) is 5.69 Å². The van der Waals surface area contributed by atoms with Crippen molar-refractivity contribution in [3.8, 4) is 0 Å². The van der Waals surface area contributed by atoms with Gasteiger partial charge < -0.3 is 10.6 Å². The molecule has 2 N–H and O–H groups in total. The third-order valence-electron chi connectivity index (χ3n) is 3.78. The lowest BCUT2D eigenvalue weighted by Gasteiger charge is -2.30. The van der Waals surface area contributed by atoms with Gasteiger partial charge in [-0.1, -0.05) is 0 Å². The average molecular weight is 203 g/mol. The topological polar surface area (TPSA) is 42.1 Å². The van der Waals surface area contributed by atoms with Crippen LogP contribution in [0.2, 0.25) is 0 Å². The lowest BCUT2D eigenvalue weighted by atomic mass is 10.1. The van der Waals surface area contributed by atoms with Gasteiger partial charge in [-0.25, -0.2) is 0 Å². The smallest absolute Gasteiger partial charge is 0.0772 e. The van der Waals surface area contributed by atoms with Crippen molar-refractivity contribution in [2.24, 2.45) is 11.7 Å². The van der Waals surface area contributed by atoms with Crippen LogP contribution in [0.1, 0.15) is 25.0 Å². The van der Waals surface area contributed by atoms with Gasteiger partial charge >= 0.3 is 0 Å². The molecule has 2 aliphatic rings. The lowest BCUT2D eigenvalue weighted by Crippen LogP contribution is -2.33. The van der Waals surface area contributed by atoms with E-state index in [0.29, 0.717) is 6.54 Å². The minimum atomic E-state index is 0.546. The Morgan fingerprint density at radius 1 is 1.47 bits per heavy atom. The molecule has 1 saturated carbocycles. The number of aromatic nitrogens is 1. The molecule has 3 nitrogen and oxygen atoms in total. The summed E-state index contributed by atoms with van der Waals surface area (Å²) in [5, 5.41) is 0. The van der Waals surface area contributed by atoms with Crippen LogP contribution in [0.15, 0.2) is 18.3 Å². The molecule has 2 heterocycles. The lowest BCUT2D eigenvalue weighted by molar-refractivity contribution is 0.552. The largest absolute Gasteiger partial charge is 0.367 e. The van der Waals surface area contributed by atoms with E-state index in [1.807, 2.05) is 12.3 Å². The van der Waals surface area contributed by atoms with Crippen LogP contribution in [0, 0.1) is 5.92 Å². The Bertz CT molecular complexity index is 364. The van der Waals surface area contributed by atoms with Gasteiger partial charge in [0.2, 0.25) is 0 Å². The van der Waals surface area contributed by atoms with E-state index in [4.69, 9.17) is 5.73 Å². The Morgan fingerprint density at radius 3 is 3.07 bits per heavy atom. The van der Waals surface area contributed by atoms with E-state index in [0.717, 1.165) is 17.7 Å². The van der Waals surface area contributed by atoms with Crippen molar-refractivity contribution in [1.29, 1.82) is 0 Å². The molecule has 2 fully saturated rings. The molecule has 0 radical (unpaired) electrons. The van der Waals surface area contributed by atoms with Crippen molar-refractivity contribution in [3.63, 3.8) is 0 Å². The van der Waals surface area contributed by atoms with Gasteiger partial charge in [-0.15, -0.1) is 0 Å². The molecule has 0 aromatic carbocycles. The monoisotopic (exact) mass is 203 g/mol. The quantitative estimate of drug-likeness (QED) is 0.792. The maximum Gasteiger partial charge on any atom is 0.0772 e. The molecule has 1 aliphatic carbocycles. The number of pyridine rings is 1. The van der Waals surface area contributed by atoms with Gasteiger partial charge in [0.15, 0.2) is 0 Å². The number of nitrogens with two attached hydrogens (primary N) is 1. The maximum absolute atomic E-state index is 5.73. The van der Waals surface area contributed by atoms with Crippen molar-refractivity contribution in [2.45, 2.75) is 31.8 Å². The molecule has 3 heteroatoms. The van der Waals surface area contributed by atoms with Gasteiger partial charge in [0.1, 0.15) is 0 Å². The van der Waals surface area contributed by atoms with Gasteiger partial charge in [0.25, 0.3) is 0 Å². The molecule has 1 aromatic rings. The van der Waals surface area contributed by atoms with Crippen LogP contribution < -0.4 is 10.6 Å². The number of hydrogen-bond donors (Lipinski definition) is 1. The van der Waals surface area contributed by atoms with E-state index in [-0.39, 0.29) is 0 Å². The van der Waals surface area contributed by atoms with Crippen LogP contribution in [0.3, 0.4) is 0 Å². The summed E-state index contributed by atoms with van der Waals surface area (Å²) in [7, 11) is 0. The molecule has 2 unspecified atom stereocenters. The third-order valence-corrected chi connectivity index (χ3v) is 3.78. The minimum absolute atomic E-state index is 0.546. The summed E-state index contributed by atoms with van der Waals surface area (Å²) in [5.74, 6) is 0.917. The molecule has 2 atom stereocenters. The fraction of sp³-hybridized carbons (Fsp3) is 0.583. The molecule has 1 aromatic heterocycles. The molecule has 0 spiro atoms. The second-order valence-electron chi connectivity index (χ2n) is 4.66. The normalized spacial score (nSPS) is 28.7. The molecule has 3 rings (SSSR count). The van der Waals surface area contributed by atoms with E-state index < -0.39 is 0 Å². The molecule has 1 saturated heterocycles. The SMILES string of the molecule is NCc1ncccc1N1CC2CCC1C2. The summed E-state index contributed by atoms with van der Waals surface area (Å²) >= 11 is 0. The van der Waals surface area contributed by atoms with Crippen LogP contribution in [-0.2, 0) is 6.54 Å². The summed E-state index contributed by atoms with van der Waals surface area (Å²) in [6.07, 6.45) is 5.97. The standard InChI is InChI=1S/C12H17N3/c13-7-11-12(2-1-5-14-11)15-8-9-3-4-10(15)6-9/h1-2,5,9-10H,3-4,6-8,13H2. The minimum Gasteiger partial charge on any atom is -0.367 e. The highest BCUT2D eigenvalue weighted by atomic mass is 15.2. The van der Waals surface area contributed by atoms with Crippen LogP contribution in [0.5, 0.6) is 0 Å². The number of piperidine rings is 1. The Hall–Kier alpha value is -1.09. The molecule has 0 amide bonds. The summed E-state index contributed by atoms with van der Waals surface area (Å²) in [4.78, 5) is 6.88. The first-order chi connectivity index (χ1) is 7.38. The first-order valence-corrected chi connectivity index (χ1v) is 5.79. The number of nitrogens with zero attached hydrogens (tertiary/aromatic N) is 2. The Balaban J connectivity index is 1.92. The summed E-state index contributed by atoms with van der Waals surface area (Å²) in [6, 6.07) is 4.93. The van der Waals surface area contributed by atoms with Crippen molar-refractivity contribution in [2.75, 3.05) is 11.4 Å². The average Bonchev–Trinajstić information content (AvgIpc) is 2.90. The molecular weight excluding hydrogens is 186 g/mol. The zero-order valence-electron chi connectivity index (χ0n) is 8.89. The molecule has 1 aliphatic heterocycles. The molecule has 15 heavy (non-hydrogen) atoms. The van der Waals surface area contributed by atoms with Crippen LogP contribution >= 0.6 is 0 Å². The number of hydrogen-bond acceptors (Lipinski definition) is 3. The fourth-order valence-corrected chi connectivity index (χ4v) is 3.07. The Morgan fingerprint density at radius 2 is 2.40 bits per heavy atom. The highest BCUT2D eigenvalue weighted by Gasteiger charge is 2.38. The predicted molar refractivity (Wildman–Crippen MR) is 60.6 cm³/mol. The van der Waals surface area contributed by atoms with Crippen molar-refractivity contribution < 1.29 is 0 Å². The van der Waals surface area contributed by atoms with E-state index in [1.165, 1.54) is 31.5 Å². The Kier molecular flexibility index (Phi) is 2.13. The van der Waals surface area contributed by atoms with Gasteiger partial charge in [-0.2, -0.15) is 0 Å². The van der Waals surface area contributed by atoms with E-state index in [2.05, 4.69) is 16.0 Å². The van der Waals surface area contributed by atoms with Crippen LogP contribution in [-0.4, -0.2) is 17.6 Å². The van der Waals surface area contributed by atoms with Crippen molar-refractivity contribution in [1.82, 2.24) is 4.98 Å². The molecule has 2 bridgehead atoms. The predicted octanol–water partition coefficient (Wildman–Crippen LogP) is 1.53. The second-order valence-corrected chi connectivity index (χ2v) is 4.66. The first-order valence-electron chi connectivity index (χ1n) is 5.79. The van der Waals surface area contributed by atoms with Gasteiger partial charge in [0.05, 0.1) is 11.4 Å². The zero-order chi connectivity index (χ0) is 10.3. The van der Waals surface area contributed by atoms with Crippen molar-refractivity contribution >= 4 is 5.69 Å². The molecule has 80 valence electrons. The van der Waals surface area contributed by atoms with E-state index >= 15 is 0 Å². The highest BCUT2D eigenvalue weighted by molar-refractivity contribution is 5.53. The van der Waals surface area contributed by atoms with Gasteiger partial charge in [-0.3, -0.25) is 4.98 Å². The summed E-state index contributed by atoms with van der Waals surface area (Å²) in [5.41, 5.74) is 8.04. The zero-order valence-corrected chi connectivity index (χ0v) is 8.89. The maximum atomic E-state index is 5.73. The first kappa shape index (κ1) is 9.16. The van der Waals surface area contributed by atoms with E-state index in [9.17, 15) is 0 Å². The summed E-state index contributed by atoms with van der Waals surface area (Å²) in [6.45, 7) is 1.76. The summed E-state index contributed by atoms with van der Waals surface area (Å²) < 4.78 is 0.